The smallest absolute Gasteiger partial charge is 0.259 e. The van der Waals surface area contributed by atoms with Gasteiger partial charge in [0.05, 0.1) is 5.69 Å². The first-order valence-electron chi connectivity index (χ1n) is 12.9. The summed E-state index contributed by atoms with van der Waals surface area (Å²) >= 11 is 0. The van der Waals surface area contributed by atoms with Crippen LogP contribution in [0.4, 0.5) is 15.9 Å². The fourth-order valence-electron chi connectivity index (χ4n) is 4.73. The van der Waals surface area contributed by atoms with Crippen LogP contribution in [0.3, 0.4) is 0 Å². The minimum Gasteiger partial charge on any atom is -0.454 e. The number of carbonyl (C=O) groups is 1. The average molecular weight is 526 g/mol. The van der Waals surface area contributed by atoms with Gasteiger partial charge in [-0.05, 0) is 42.8 Å². The Kier molecular flexibility index (Phi) is 6.81. The van der Waals surface area contributed by atoms with Crippen LogP contribution in [0.1, 0.15) is 21.5 Å². The van der Waals surface area contributed by atoms with Crippen LogP contribution >= 0.6 is 0 Å². The van der Waals surface area contributed by atoms with Crippen molar-refractivity contribution in [3.8, 4) is 22.9 Å². The third kappa shape index (κ3) is 5.39. The van der Waals surface area contributed by atoms with Crippen LogP contribution in [-0.2, 0) is 6.54 Å². The van der Waals surface area contributed by atoms with Crippen molar-refractivity contribution in [2.45, 2.75) is 13.5 Å². The molecule has 39 heavy (non-hydrogen) atoms. The fraction of sp³-hybridized carbons (Fsp3) is 0.233. The third-order valence-electron chi connectivity index (χ3n) is 6.96. The molecule has 1 amide bonds. The number of ether oxygens (including phenoxy) is 2. The lowest BCUT2D eigenvalue weighted by Gasteiger charge is -2.35. The van der Waals surface area contributed by atoms with Gasteiger partial charge in [0.1, 0.15) is 17.2 Å². The van der Waals surface area contributed by atoms with E-state index in [2.05, 4.69) is 51.4 Å². The second kappa shape index (κ2) is 10.7. The molecule has 8 nitrogen and oxygen atoms in total. The van der Waals surface area contributed by atoms with E-state index in [4.69, 9.17) is 9.47 Å². The van der Waals surface area contributed by atoms with E-state index in [1.54, 1.807) is 35.2 Å². The molecule has 1 aromatic heterocycles. The van der Waals surface area contributed by atoms with Gasteiger partial charge in [-0.15, -0.1) is 0 Å². The number of hydrogen-bond donors (Lipinski definition) is 1. The zero-order valence-electron chi connectivity index (χ0n) is 21.6. The lowest BCUT2D eigenvalue weighted by atomic mass is 10.1. The number of piperazine rings is 1. The van der Waals surface area contributed by atoms with Crippen LogP contribution in [-0.4, -0.2) is 58.6 Å². The molecule has 0 aliphatic carbocycles. The topological polar surface area (TPSA) is 79.8 Å². The predicted octanol–water partition coefficient (Wildman–Crippen LogP) is 5.02. The molecule has 0 bridgehead atoms. The van der Waals surface area contributed by atoms with Crippen molar-refractivity contribution in [2.24, 2.45) is 0 Å². The Morgan fingerprint density at radius 2 is 1.74 bits per heavy atom. The number of fused-ring (bicyclic) bond motifs is 1. The Morgan fingerprint density at radius 1 is 0.974 bits per heavy atom. The van der Waals surface area contributed by atoms with Crippen molar-refractivity contribution < 1.29 is 18.7 Å². The molecule has 0 radical (unpaired) electrons. The van der Waals surface area contributed by atoms with E-state index in [1.807, 2.05) is 6.07 Å². The minimum atomic E-state index is -0.441. The molecule has 9 heteroatoms. The quantitative estimate of drug-likeness (QED) is 0.379. The number of hydrogen-bond acceptors (Lipinski definition) is 7. The van der Waals surface area contributed by atoms with Crippen LogP contribution in [0.5, 0.6) is 11.5 Å². The number of para-hydroxylation sites is 1. The number of aryl methyl sites for hydroxylation is 1. The number of carbonyl (C=O) groups excluding carboxylic acids is 1. The maximum Gasteiger partial charge on any atom is 0.259 e. The molecule has 0 atom stereocenters. The summed E-state index contributed by atoms with van der Waals surface area (Å²) in [4.78, 5) is 26.9. The first-order chi connectivity index (χ1) is 19.0. The van der Waals surface area contributed by atoms with E-state index in [-0.39, 0.29) is 29.8 Å². The zero-order valence-corrected chi connectivity index (χ0v) is 21.6. The summed E-state index contributed by atoms with van der Waals surface area (Å²) in [5.74, 6) is 1.24. The van der Waals surface area contributed by atoms with Gasteiger partial charge in [-0.25, -0.2) is 14.4 Å². The Bertz CT molecular complexity index is 1500. The highest BCUT2D eigenvalue weighted by molar-refractivity contribution is 5.99. The molecular weight excluding hydrogens is 497 g/mol. The molecule has 0 spiro atoms. The second-order valence-corrected chi connectivity index (χ2v) is 9.68. The maximum atomic E-state index is 14.5. The molecule has 2 aliphatic heterocycles. The summed E-state index contributed by atoms with van der Waals surface area (Å²) in [5.41, 5.74) is 3.70. The highest BCUT2D eigenvalue weighted by Crippen LogP contribution is 2.35. The van der Waals surface area contributed by atoms with Crippen molar-refractivity contribution in [2.75, 3.05) is 38.3 Å². The zero-order chi connectivity index (χ0) is 26.8. The van der Waals surface area contributed by atoms with Crippen LogP contribution in [0.2, 0.25) is 0 Å². The van der Waals surface area contributed by atoms with Gasteiger partial charge in [-0.2, -0.15) is 0 Å². The van der Waals surface area contributed by atoms with E-state index in [0.29, 0.717) is 36.0 Å². The first-order valence-corrected chi connectivity index (χ1v) is 12.9. The highest BCUT2D eigenvalue weighted by Gasteiger charge is 2.26. The van der Waals surface area contributed by atoms with Gasteiger partial charge in [0, 0.05) is 44.5 Å². The molecule has 198 valence electrons. The van der Waals surface area contributed by atoms with Gasteiger partial charge in [-0.3, -0.25) is 9.69 Å². The molecule has 1 fully saturated rings. The van der Waals surface area contributed by atoms with E-state index in [0.717, 1.165) is 19.6 Å². The molecule has 3 aromatic carbocycles. The first kappa shape index (κ1) is 24.8. The molecule has 0 unspecified atom stereocenters. The van der Waals surface area contributed by atoms with Crippen molar-refractivity contribution >= 4 is 17.4 Å². The number of nitrogens with one attached hydrogen (secondary N) is 1. The molecule has 2 aliphatic rings. The van der Waals surface area contributed by atoms with Gasteiger partial charge in [0.15, 0.2) is 17.3 Å². The third-order valence-corrected chi connectivity index (χ3v) is 6.96. The Labute approximate surface area is 226 Å². The van der Waals surface area contributed by atoms with E-state index < -0.39 is 5.82 Å². The maximum absolute atomic E-state index is 14.5. The number of aromatic nitrogens is 2. The average Bonchev–Trinajstić information content (AvgIpc) is 3.44. The van der Waals surface area contributed by atoms with Crippen molar-refractivity contribution in [3.63, 3.8) is 0 Å². The molecule has 0 saturated carbocycles. The lowest BCUT2D eigenvalue weighted by Crippen LogP contribution is -2.48. The summed E-state index contributed by atoms with van der Waals surface area (Å²) in [6.45, 7) is 5.75. The Morgan fingerprint density at radius 3 is 2.54 bits per heavy atom. The van der Waals surface area contributed by atoms with Crippen molar-refractivity contribution in [1.82, 2.24) is 19.8 Å². The van der Waals surface area contributed by atoms with E-state index >= 15 is 0 Å². The number of amides is 1. The van der Waals surface area contributed by atoms with Gasteiger partial charge in [0.2, 0.25) is 6.79 Å². The number of nitrogens with zero attached hydrogens (tertiary/aromatic N) is 4. The second-order valence-electron chi connectivity index (χ2n) is 9.68. The summed E-state index contributed by atoms with van der Waals surface area (Å²) in [7, 11) is 0. The predicted molar refractivity (Wildman–Crippen MR) is 146 cm³/mol. The number of anilines is 2. The van der Waals surface area contributed by atoms with Crippen LogP contribution < -0.4 is 14.8 Å². The summed E-state index contributed by atoms with van der Waals surface area (Å²) in [5, 5.41) is 3.03. The van der Waals surface area contributed by atoms with Gasteiger partial charge in [0.25, 0.3) is 5.91 Å². The van der Waals surface area contributed by atoms with E-state index in [1.165, 1.54) is 23.4 Å². The molecule has 1 saturated heterocycles. The molecule has 1 N–H and O–H groups in total. The van der Waals surface area contributed by atoms with Gasteiger partial charge in [-0.1, -0.05) is 42.0 Å². The van der Waals surface area contributed by atoms with Crippen molar-refractivity contribution in [1.29, 1.82) is 0 Å². The molecule has 4 aromatic rings. The number of halogens is 1. The van der Waals surface area contributed by atoms with Crippen molar-refractivity contribution in [3.05, 3.63) is 95.4 Å². The Balaban J connectivity index is 1.23. The monoisotopic (exact) mass is 525 g/mol. The Hall–Kier alpha value is -4.50. The largest absolute Gasteiger partial charge is 0.454 e. The lowest BCUT2D eigenvalue weighted by molar-refractivity contribution is 0.0628. The fourth-order valence-corrected chi connectivity index (χ4v) is 4.73. The number of rotatable bonds is 6. The molecule has 6 rings (SSSR count). The standard InChI is InChI=1S/C30H28FN5O3/c1-20-6-8-21(9-7-20)18-35-12-14-36(15-13-35)30(37)23-17-32-28(22-10-11-26-27(16-22)39-19-38-26)34-29(23)33-25-5-3-2-4-24(25)31/h2-11,16-17H,12-15,18-19H2,1H3,(H,32,33,34). The molecule has 3 heterocycles. The van der Waals surface area contributed by atoms with Crippen LogP contribution in [0, 0.1) is 12.7 Å². The highest BCUT2D eigenvalue weighted by atomic mass is 19.1. The van der Waals surface area contributed by atoms with E-state index in [9.17, 15) is 9.18 Å². The summed E-state index contributed by atoms with van der Waals surface area (Å²) in [6.07, 6.45) is 1.51. The van der Waals surface area contributed by atoms with Crippen LogP contribution in [0.25, 0.3) is 11.4 Å². The molecular formula is C30H28FN5O3. The van der Waals surface area contributed by atoms with Crippen LogP contribution in [0.15, 0.2) is 72.9 Å². The SMILES string of the molecule is Cc1ccc(CN2CCN(C(=O)c3cnc(-c4ccc5c(c4)OCO5)nc3Nc3ccccc3F)CC2)cc1. The normalized spacial score (nSPS) is 14.9. The summed E-state index contributed by atoms with van der Waals surface area (Å²) in [6, 6.07) is 20.2. The minimum absolute atomic E-state index is 0.158. The number of benzene rings is 3. The van der Waals surface area contributed by atoms with Gasteiger partial charge >= 0.3 is 0 Å². The van der Waals surface area contributed by atoms with Gasteiger partial charge < -0.3 is 19.7 Å². The summed E-state index contributed by atoms with van der Waals surface area (Å²) < 4.78 is 25.4.